The molecule has 0 aliphatic heterocycles. The van der Waals surface area contributed by atoms with Crippen molar-refractivity contribution < 1.29 is 14.3 Å². The van der Waals surface area contributed by atoms with Crippen LogP contribution in [0.1, 0.15) is 30.1 Å². The second-order valence-electron chi connectivity index (χ2n) is 4.02. The standard InChI is InChI=1S/C13H16Cl2N2O3/c1-2-20-11(18)4-3-5-17-13(19)8-6-9(14)12(16)10(15)7-8/h6-7H,2-5,16H2,1H3,(H,17,19). The van der Waals surface area contributed by atoms with Crippen molar-refractivity contribution in [2.45, 2.75) is 19.8 Å². The summed E-state index contributed by atoms with van der Waals surface area (Å²) in [5.74, 6) is -0.599. The van der Waals surface area contributed by atoms with Gasteiger partial charge in [0.25, 0.3) is 5.91 Å². The maximum atomic E-state index is 11.8. The first-order valence-corrected chi connectivity index (χ1v) is 6.89. The molecule has 0 fully saturated rings. The van der Waals surface area contributed by atoms with E-state index in [1.807, 2.05) is 0 Å². The van der Waals surface area contributed by atoms with Crippen LogP contribution in [0.25, 0.3) is 0 Å². The van der Waals surface area contributed by atoms with Gasteiger partial charge >= 0.3 is 5.97 Å². The fourth-order valence-electron chi connectivity index (χ4n) is 1.49. The maximum absolute atomic E-state index is 11.8. The van der Waals surface area contributed by atoms with Gasteiger partial charge in [0.15, 0.2) is 0 Å². The number of anilines is 1. The molecule has 0 saturated carbocycles. The summed E-state index contributed by atoms with van der Waals surface area (Å²) in [7, 11) is 0. The first-order valence-electron chi connectivity index (χ1n) is 6.14. The summed E-state index contributed by atoms with van der Waals surface area (Å²) < 4.78 is 4.78. The normalized spacial score (nSPS) is 10.2. The summed E-state index contributed by atoms with van der Waals surface area (Å²) in [6.07, 6.45) is 0.762. The summed E-state index contributed by atoms with van der Waals surface area (Å²) in [5.41, 5.74) is 6.15. The number of carbonyl (C=O) groups is 2. The number of hydrogen-bond donors (Lipinski definition) is 2. The average molecular weight is 319 g/mol. The largest absolute Gasteiger partial charge is 0.466 e. The lowest BCUT2D eigenvalue weighted by atomic mass is 10.2. The van der Waals surface area contributed by atoms with Crippen molar-refractivity contribution in [2.75, 3.05) is 18.9 Å². The Morgan fingerprint density at radius 3 is 2.45 bits per heavy atom. The topological polar surface area (TPSA) is 81.4 Å². The van der Waals surface area contributed by atoms with E-state index < -0.39 is 0 Å². The molecule has 1 aromatic carbocycles. The van der Waals surface area contributed by atoms with Gasteiger partial charge < -0.3 is 15.8 Å². The van der Waals surface area contributed by atoms with Crippen molar-refractivity contribution in [1.29, 1.82) is 0 Å². The molecule has 0 saturated heterocycles. The van der Waals surface area contributed by atoms with E-state index in [4.69, 9.17) is 33.7 Å². The van der Waals surface area contributed by atoms with Gasteiger partial charge in [-0.05, 0) is 25.5 Å². The number of benzene rings is 1. The summed E-state index contributed by atoms with van der Waals surface area (Å²) in [6.45, 7) is 2.46. The van der Waals surface area contributed by atoms with Crippen molar-refractivity contribution >= 4 is 40.8 Å². The Labute approximate surface area is 127 Å². The molecule has 110 valence electrons. The van der Waals surface area contributed by atoms with Crippen LogP contribution in [-0.4, -0.2) is 25.0 Å². The third-order valence-electron chi connectivity index (χ3n) is 2.49. The van der Waals surface area contributed by atoms with Crippen molar-refractivity contribution in [2.24, 2.45) is 0 Å². The van der Waals surface area contributed by atoms with Crippen LogP contribution in [0.5, 0.6) is 0 Å². The SMILES string of the molecule is CCOC(=O)CCCNC(=O)c1cc(Cl)c(N)c(Cl)c1. The molecule has 0 heterocycles. The molecule has 0 atom stereocenters. The minimum atomic E-state index is -0.322. The molecule has 0 aliphatic carbocycles. The molecule has 0 unspecified atom stereocenters. The number of ether oxygens (including phenoxy) is 1. The number of nitrogen functional groups attached to an aromatic ring is 1. The van der Waals surface area contributed by atoms with Crippen molar-refractivity contribution in [3.05, 3.63) is 27.7 Å². The fraction of sp³-hybridized carbons (Fsp3) is 0.385. The number of hydrogen-bond acceptors (Lipinski definition) is 4. The molecule has 3 N–H and O–H groups in total. The smallest absolute Gasteiger partial charge is 0.305 e. The second kappa shape index (κ2) is 7.97. The Morgan fingerprint density at radius 2 is 1.90 bits per heavy atom. The number of rotatable bonds is 6. The quantitative estimate of drug-likeness (QED) is 0.480. The molecule has 0 spiro atoms. The van der Waals surface area contributed by atoms with Crippen LogP contribution in [0.4, 0.5) is 5.69 Å². The Bertz CT molecular complexity index is 483. The van der Waals surface area contributed by atoms with Gasteiger partial charge in [-0.15, -0.1) is 0 Å². The Morgan fingerprint density at radius 1 is 1.30 bits per heavy atom. The van der Waals surface area contributed by atoms with Crippen LogP contribution in [-0.2, 0) is 9.53 Å². The maximum Gasteiger partial charge on any atom is 0.305 e. The second-order valence-corrected chi connectivity index (χ2v) is 4.83. The molecule has 5 nitrogen and oxygen atoms in total. The van der Waals surface area contributed by atoms with E-state index in [2.05, 4.69) is 5.32 Å². The minimum Gasteiger partial charge on any atom is -0.466 e. The van der Waals surface area contributed by atoms with Gasteiger partial charge in [0.1, 0.15) is 0 Å². The summed E-state index contributed by atoms with van der Waals surface area (Å²) in [4.78, 5) is 22.9. The van der Waals surface area contributed by atoms with Crippen LogP contribution >= 0.6 is 23.2 Å². The zero-order valence-corrected chi connectivity index (χ0v) is 12.6. The number of nitrogens with two attached hydrogens (primary N) is 1. The lowest BCUT2D eigenvalue weighted by Crippen LogP contribution is -2.25. The Balaban J connectivity index is 2.46. The molecule has 1 aromatic rings. The van der Waals surface area contributed by atoms with Crippen molar-refractivity contribution in [3.63, 3.8) is 0 Å². The summed E-state index contributed by atoms with van der Waals surface area (Å²) in [5, 5.41) is 3.13. The zero-order valence-electron chi connectivity index (χ0n) is 11.0. The fourth-order valence-corrected chi connectivity index (χ4v) is 1.97. The van der Waals surface area contributed by atoms with Crippen LogP contribution < -0.4 is 11.1 Å². The monoisotopic (exact) mass is 318 g/mol. The van der Waals surface area contributed by atoms with E-state index in [0.717, 1.165) is 0 Å². The number of amides is 1. The van der Waals surface area contributed by atoms with E-state index in [0.29, 0.717) is 25.1 Å². The van der Waals surface area contributed by atoms with Gasteiger partial charge in [-0.1, -0.05) is 23.2 Å². The minimum absolute atomic E-state index is 0.231. The van der Waals surface area contributed by atoms with Crippen molar-refractivity contribution in [1.82, 2.24) is 5.32 Å². The first-order chi connectivity index (χ1) is 9.45. The highest BCUT2D eigenvalue weighted by molar-refractivity contribution is 6.39. The Kier molecular flexibility index (Phi) is 6.61. The van der Waals surface area contributed by atoms with Gasteiger partial charge in [0.2, 0.25) is 0 Å². The number of nitrogens with one attached hydrogen (secondary N) is 1. The van der Waals surface area contributed by atoms with E-state index >= 15 is 0 Å². The molecule has 0 bridgehead atoms. The Hall–Kier alpha value is -1.46. The van der Waals surface area contributed by atoms with E-state index in [9.17, 15) is 9.59 Å². The van der Waals surface area contributed by atoms with Crippen LogP contribution in [0.2, 0.25) is 10.0 Å². The van der Waals surface area contributed by atoms with Gasteiger partial charge in [0, 0.05) is 18.5 Å². The van der Waals surface area contributed by atoms with Crippen LogP contribution in [0.15, 0.2) is 12.1 Å². The summed E-state index contributed by atoms with van der Waals surface area (Å²) in [6, 6.07) is 2.90. The van der Waals surface area contributed by atoms with Crippen LogP contribution in [0, 0.1) is 0 Å². The molecular formula is C13H16Cl2N2O3. The zero-order chi connectivity index (χ0) is 15.1. The lowest BCUT2D eigenvalue weighted by molar-refractivity contribution is -0.143. The highest BCUT2D eigenvalue weighted by Gasteiger charge is 2.11. The van der Waals surface area contributed by atoms with Crippen molar-refractivity contribution in [3.8, 4) is 0 Å². The van der Waals surface area contributed by atoms with E-state index in [-0.39, 0.29) is 34.0 Å². The molecular weight excluding hydrogens is 303 g/mol. The van der Waals surface area contributed by atoms with Gasteiger partial charge in [0.05, 0.1) is 22.3 Å². The number of halogens is 2. The predicted molar refractivity (Wildman–Crippen MR) is 79.1 cm³/mol. The molecule has 7 heteroatoms. The highest BCUT2D eigenvalue weighted by atomic mass is 35.5. The number of esters is 1. The van der Waals surface area contributed by atoms with Crippen LogP contribution in [0.3, 0.4) is 0 Å². The van der Waals surface area contributed by atoms with Gasteiger partial charge in [-0.2, -0.15) is 0 Å². The summed E-state index contributed by atoms with van der Waals surface area (Å²) >= 11 is 11.7. The highest BCUT2D eigenvalue weighted by Crippen LogP contribution is 2.28. The third kappa shape index (κ3) is 4.90. The molecule has 1 rings (SSSR count). The number of carbonyl (C=O) groups excluding carboxylic acids is 2. The van der Waals surface area contributed by atoms with E-state index in [1.165, 1.54) is 12.1 Å². The van der Waals surface area contributed by atoms with E-state index in [1.54, 1.807) is 6.92 Å². The molecule has 1 amide bonds. The predicted octanol–water partition coefficient (Wildman–Crippen LogP) is 2.65. The van der Waals surface area contributed by atoms with Gasteiger partial charge in [-0.3, -0.25) is 9.59 Å². The average Bonchev–Trinajstić information content (AvgIpc) is 2.40. The first kappa shape index (κ1) is 16.6. The lowest BCUT2D eigenvalue weighted by Gasteiger charge is -2.08. The molecule has 20 heavy (non-hydrogen) atoms. The van der Waals surface area contributed by atoms with Gasteiger partial charge in [-0.25, -0.2) is 0 Å². The molecule has 0 aliphatic rings. The molecule has 0 aromatic heterocycles. The third-order valence-corrected chi connectivity index (χ3v) is 3.12. The molecule has 0 radical (unpaired) electrons.